The molecule has 2 nitrogen and oxygen atoms in total. The number of hydroxylamine groups is 2. The summed E-state index contributed by atoms with van der Waals surface area (Å²) in [5.74, 6) is 0. The van der Waals surface area contributed by atoms with Crippen molar-refractivity contribution in [2.45, 2.75) is 26.2 Å². The molecule has 58 valence electrons. The molecule has 1 aliphatic heterocycles. The second kappa shape index (κ2) is 4.34. The van der Waals surface area contributed by atoms with Crippen LogP contribution in [0.15, 0.2) is 12.3 Å². The Bertz CT molecular complexity index is 106. The third kappa shape index (κ3) is 2.40. The molecule has 0 aliphatic carbocycles. The quantitative estimate of drug-likeness (QED) is 0.545. The average molecular weight is 141 g/mol. The van der Waals surface area contributed by atoms with Crippen LogP contribution in [0.2, 0.25) is 0 Å². The standard InChI is InChI=1S/C8H15NO/c1-2-8-10-9-6-4-3-5-7-9/h2,8H,3-7H2,1H3. The SMILES string of the molecule is CC=CON1CCCCC1. The normalized spacial score (nSPS) is 21.7. The van der Waals surface area contributed by atoms with Crippen molar-refractivity contribution in [3.8, 4) is 0 Å². The van der Waals surface area contributed by atoms with Gasteiger partial charge in [-0.15, -0.1) is 5.06 Å². The molecule has 0 amide bonds. The van der Waals surface area contributed by atoms with Gasteiger partial charge in [-0.05, 0) is 19.8 Å². The summed E-state index contributed by atoms with van der Waals surface area (Å²) in [6, 6.07) is 0. The zero-order chi connectivity index (χ0) is 7.23. The molecule has 1 heterocycles. The van der Waals surface area contributed by atoms with Gasteiger partial charge in [-0.3, -0.25) is 0 Å². The molecular weight excluding hydrogens is 126 g/mol. The van der Waals surface area contributed by atoms with Crippen LogP contribution in [-0.4, -0.2) is 18.2 Å². The molecule has 0 aromatic carbocycles. The van der Waals surface area contributed by atoms with Gasteiger partial charge >= 0.3 is 0 Å². The fourth-order valence-electron chi connectivity index (χ4n) is 1.12. The molecule has 2 heteroatoms. The molecule has 0 aromatic rings. The molecule has 0 spiro atoms. The van der Waals surface area contributed by atoms with Gasteiger partial charge in [0.2, 0.25) is 0 Å². The van der Waals surface area contributed by atoms with Gasteiger partial charge in [-0.2, -0.15) is 0 Å². The lowest BCUT2D eigenvalue weighted by Gasteiger charge is -2.23. The number of allylic oxidation sites excluding steroid dienone is 1. The molecular formula is C8H15NO. The van der Waals surface area contributed by atoms with Crippen molar-refractivity contribution in [3.63, 3.8) is 0 Å². The molecule has 0 atom stereocenters. The highest BCUT2D eigenvalue weighted by Crippen LogP contribution is 2.08. The largest absolute Gasteiger partial charge is 0.414 e. The average Bonchev–Trinajstić information content (AvgIpc) is 2.03. The maximum atomic E-state index is 5.28. The minimum Gasteiger partial charge on any atom is -0.414 e. The third-order valence-electron chi connectivity index (χ3n) is 1.66. The molecule has 10 heavy (non-hydrogen) atoms. The van der Waals surface area contributed by atoms with E-state index in [0.29, 0.717) is 0 Å². The van der Waals surface area contributed by atoms with Gasteiger partial charge < -0.3 is 4.84 Å². The second-order valence-electron chi connectivity index (χ2n) is 2.56. The van der Waals surface area contributed by atoms with Crippen LogP contribution in [-0.2, 0) is 4.84 Å². The zero-order valence-corrected chi connectivity index (χ0v) is 6.55. The number of piperidine rings is 1. The van der Waals surface area contributed by atoms with E-state index < -0.39 is 0 Å². The van der Waals surface area contributed by atoms with E-state index in [1.807, 2.05) is 18.1 Å². The molecule has 1 rings (SSSR count). The molecule has 0 bridgehead atoms. The molecule has 1 aliphatic rings. The van der Waals surface area contributed by atoms with Crippen LogP contribution >= 0.6 is 0 Å². The van der Waals surface area contributed by atoms with E-state index >= 15 is 0 Å². The molecule has 0 N–H and O–H groups in total. The Morgan fingerprint density at radius 3 is 2.50 bits per heavy atom. The van der Waals surface area contributed by atoms with Gasteiger partial charge in [0.25, 0.3) is 0 Å². The topological polar surface area (TPSA) is 12.5 Å². The number of nitrogens with zero attached hydrogens (tertiary/aromatic N) is 1. The Morgan fingerprint density at radius 2 is 1.90 bits per heavy atom. The number of hydrogen-bond acceptors (Lipinski definition) is 2. The van der Waals surface area contributed by atoms with Crippen molar-refractivity contribution >= 4 is 0 Å². The predicted molar refractivity (Wildman–Crippen MR) is 41.3 cm³/mol. The molecule has 1 fully saturated rings. The first kappa shape index (κ1) is 7.61. The van der Waals surface area contributed by atoms with Crippen LogP contribution in [0.3, 0.4) is 0 Å². The lowest BCUT2D eigenvalue weighted by Crippen LogP contribution is -2.27. The van der Waals surface area contributed by atoms with E-state index in [1.54, 1.807) is 6.26 Å². The Balaban J connectivity index is 2.13. The van der Waals surface area contributed by atoms with E-state index in [1.165, 1.54) is 19.3 Å². The zero-order valence-electron chi connectivity index (χ0n) is 6.55. The van der Waals surface area contributed by atoms with Gasteiger partial charge in [-0.25, -0.2) is 0 Å². The Labute approximate surface area is 62.4 Å². The number of rotatable bonds is 2. The van der Waals surface area contributed by atoms with Crippen molar-refractivity contribution in [1.29, 1.82) is 0 Å². The first-order valence-electron chi connectivity index (χ1n) is 3.96. The van der Waals surface area contributed by atoms with Gasteiger partial charge in [-0.1, -0.05) is 12.5 Å². The van der Waals surface area contributed by atoms with Gasteiger partial charge in [0.1, 0.15) is 6.26 Å². The highest BCUT2D eigenvalue weighted by atomic mass is 16.7. The summed E-state index contributed by atoms with van der Waals surface area (Å²) >= 11 is 0. The van der Waals surface area contributed by atoms with Crippen LogP contribution < -0.4 is 0 Å². The van der Waals surface area contributed by atoms with Crippen LogP contribution in [0.1, 0.15) is 26.2 Å². The van der Waals surface area contributed by atoms with E-state index in [0.717, 1.165) is 13.1 Å². The molecule has 1 saturated heterocycles. The van der Waals surface area contributed by atoms with E-state index in [2.05, 4.69) is 0 Å². The van der Waals surface area contributed by atoms with Crippen molar-refractivity contribution in [2.75, 3.05) is 13.1 Å². The number of hydrogen-bond donors (Lipinski definition) is 0. The van der Waals surface area contributed by atoms with Crippen LogP contribution in [0.25, 0.3) is 0 Å². The molecule has 0 aromatic heterocycles. The van der Waals surface area contributed by atoms with Crippen LogP contribution in [0.5, 0.6) is 0 Å². The fourth-order valence-corrected chi connectivity index (χ4v) is 1.12. The van der Waals surface area contributed by atoms with Crippen molar-refractivity contribution < 1.29 is 4.84 Å². The predicted octanol–water partition coefficient (Wildman–Crippen LogP) is 1.94. The highest BCUT2D eigenvalue weighted by molar-refractivity contribution is 4.66. The highest BCUT2D eigenvalue weighted by Gasteiger charge is 2.08. The maximum absolute atomic E-state index is 5.28. The first-order chi connectivity index (χ1) is 4.93. The molecule has 0 saturated carbocycles. The molecule has 0 radical (unpaired) electrons. The monoisotopic (exact) mass is 141 g/mol. The van der Waals surface area contributed by atoms with Gasteiger partial charge in [0, 0.05) is 13.1 Å². The lowest BCUT2D eigenvalue weighted by atomic mass is 10.2. The van der Waals surface area contributed by atoms with Crippen molar-refractivity contribution in [1.82, 2.24) is 5.06 Å². The summed E-state index contributed by atoms with van der Waals surface area (Å²) in [6.45, 7) is 4.14. The second-order valence-corrected chi connectivity index (χ2v) is 2.56. The summed E-state index contributed by atoms with van der Waals surface area (Å²) in [5, 5.41) is 2.02. The Hall–Kier alpha value is -0.500. The maximum Gasteiger partial charge on any atom is 0.107 e. The van der Waals surface area contributed by atoms with Gasteiger partial charge in [0.15, 0.2) is 0 Å². The summed E-state index contributed by atoms with van der Waals surface area (Å²) < 4.78 is 0. The van der Waals surface area contributed by atoms with Crippen LogP contribution in [0.4, 0.5) is 0 Å². The molecule has 0 unspecified atom stereocenters. The minimum atomic E-state index is 1.09. The van der Waals surface area contributed by atoms with Crippen molar-refractivity contribution in [2.24, 2.45) is 0 Å². The summed E-state index contributed by atoms with van der Waals surface area (Å²) in [6.07, 6.45) is 7.56. The summed E-state index contributed by atoms with van der Waals surface area (Å²) in [7, 11) is 0. The minimum absolute atomic E-state index is 1.09. The summed E-state index contributed by atoms with van der Waals surface area (Å²) in [4.78, 5) is 5.28. The van der Waals surface area contributed by atoms with Crippen LogP contribution in [0, 0.1) is 0 Å². The van der Waals surface area contributed by atoms with Crippen molar-refractivity contribution in [3.05, 3.63) is 12.3 Å². The first-order valence-corrected chi connectivity index (χ1v) is 3.96. The lowest BCUT2D eigenvalue weighted by molar-refractivity contribution is -0.115. The fraction of sp³-hybridized carbons (Fsp3) is 0.750. The Kier molecular flexibility index (Phi) is 3.30. The van der Waals surface area contributed by atoms with Gasteiger partial charge in [0.05, 0.1) is 0 Å². The van der Waals surface area contributed by atoms with E-state index in [-0.39, 0.29) is 0 Å². The van der Waals surface area contributed by atoms with E-state index in [4.69, 9.17) is 4.84 Å². The third-order valence-corrected chi connectivity index (χ3v) is 1.66. The smallest absolute Gasteiger partial charge is 0.107 e. The summed E-state index contributed by atoms with van der Waals surface area (Å²) in [5.41, 5.74) is 0. The Morgan fingerprint density at radius 1 is 1.20 bits per heavy atom. The van der Waals surface area contributed by atoms with E-state index in [9.17, 15) is 0 Å².